The minimum Gasteiger partial charge on any atom is -0.493 e. The van der Waals surface area contributed by atoms with Crippen molar-refractivity contribution in [2.24, 2.45) is 0 Å². The second-order valence-corrected chi connectivity index (χ2v) is 5.45. The second kappa shape index (κ2) is 4.99. The van der Waals surface area contributed by atoms with Crippen LogP contribution in [0.1, 0.15) is 51.2 Å². The summed E-state index contributed by atoms with van der Waals surface area (Å²) >= 11 is 0. The maximum absolute atomic E-state index is 5.80. The quantitative estimate of drug-likeness (QED) is 0.853. The van der Waals surface area contributed by atoms with Crippen LogP contribution in [-0.4, -0.2) is 12.6 Å². The average Bonchev–Trinajstić information content (AvgIpc) is 2.28. The molecular weight excluding hydrogens is 210 g/mol. The Morgan fingerprint density at radius 2 is 1.94 bits per heavy atom. The molecule has 1 aliphatic rings. The standard InChI is InChI=1S/C15H23NO/c1-10(2)12-8-14(16-11(3)4)13-6-5-7-17-15(13)9-12/h8-11,16H,5-7H2,1-4H3. The van der Waals surface area contributed by atoms with Gasteiger partial charge in [-0.3, -0.25) is 0 Å². The van der Waals surface area contributed by atoms with Gasteiger partial charge < -0.3 is 10.1 Å². The Hall–Kier alpha value is -1.18. The van der Waals surface area contributed by atoms with Gasteiger partial charge in [-0.2, -0.15) is 0 Å². The predicted octanol–water partition coefficient (Wildman–Crippen LogP) is 3.96. The molecule has 0 atom stereocenters. The molecule has 0 spiro atoms. The monoisotopic (exact) mass is 233 g/mol. The van der Waals surface area contributed by atoms with Crippen LogP contribution in [0, 0.1) is 0 Å². The van der Waals surface area contributed by atoms with Gasteiger partial charge in [0.05, 0.1) is 6.61 Å². The molecule has 0 amide bonds. The molecule has 0 saturated carbocycles. The maximum Gasteiger partial charge on any atom is 0.124 e. The van der Waals surface area contributed by atoms with Crippen LogP contribution in [0.25, 0.3) is 0 Å². The number of benzene rings is 1. The average molecular weight is 233 g/mol. The number of ether oxygens (including phenoxy) is 1. The Kier molecular flexibility index (Phi) is 3.60. The van der Waals surface area contributed by atoms with Crippen molar-refractivity contribution in [1.82, 2.24) is 0 Å². The van der Waals surface area contributed by atoms with Gasteiger partial charge in [0.25, 0.3) is 0 Å². The number of fused-ring (bicyclic) bond motifs is 1. The molecule has 17 heavy (non-hydrogen) atoms. The lowest BCUT2D eigenvalue weighted by atomic mass is 9.96. The lowest BCUT2D eigenvalue weighted by Gasteiger charge is -2.24. The van der Waals surface area contributed by atoms with E-state index in [9.17, 15) is 0 Å². The molecule has 0 fully saturated rings. The smallest absolute Gasteiger partial charge is 0.124 e. The molecule has 94 valence electrons. The fourth-order valence-corrected chi connectivity index (χ4v) is 2.26. The molecule has 0 saturated heterocycles. The third-order valence-corrected chi connectivity index (χ3v) is 3.17. The molecule has 2 heteroatoms. The van der Waals surface area contributed by atoms with Crippen molar-refractivity contribution in [1.29, 1.82) is 0 Å². The minimum absolute atomic E-state index is 0.462. The van der Waals surface area contributed by atoms with Crippen LogP contribution in [0.5, 0.6) is 5.75 Å². The summed E-state index contributed by atoms with van der Waals surface area (Å²) in [4.78, 5) is 0. The summed E-state index contributed by atoms with van der Waals surface area (Å²) < 4.78 is 5.80. The number of rotatable bonds is 3. The van der Waals surface area contributed by atoms with Gasteiger partial charge in [0.2, 0.25) is 0 Å². The zero-order valence-corrected chi connectivity index (χ0v) is 11.3. The number of nitrogens with one attached hydrogen (secondary N) is 1. The van der Waals surface area contributed by atoms with Gasteiger partial charge in [0.15, 0.2) is 0 Å². The third kappa shape index (κ3) is 2.74. The summed E-state index contributed by atoms with van der Waals surface area (Å²) in [5, 5.41) is 3.55. The number of hydrogen-bond acceptors (Lipinski definition) is 2. The Labute approximate surface area is 104 Å². The van der Waals surface area contributed by atoms with Crippen LogP contribution in [0.4, 0.5) is 5.69 Å². The van der Waals surface area contributed by atoms with Crippen LogP contribution in [0.15, 0.2) is 12.1 Å². The van der Waals surface area contributed by atoms with Crippen molar-refractivity contribution in [3.63, 3.8) is 0 Å². The van der Waals surface area contributed by atoms with Crippen LogP contribution < -0.4 is 10.1 Å². The van der Waals surface area contributed by atoms with Crippen LogP contribution >= 0.6 is 0 Å². The molecular formula is C15H23NO. The van der Waals surface area contributed by atoms with E-state index in [1.54, 1.807) is 0 Å². The zero-order chi connectivity index (χ0) is 12.4. The van der Waals surface area contributed by atoms with E-state index in [0.717, 1.165) is 25.2 Å². The molecule has 0 bridgehead atoms. The fraction of sp³-hybridized carbons (Fsp3) is 0.600. The van der Waals surface area contributed by atoms with Crippen molar-refractivity contribution in [3.05, 3.63) is 23.3 Å². The van der Waals surface area contributed by atoms with Crippen molar-refractivity contribution in [2.75, 3.05) is 11.9 Å². The van der Waals surface area contributed by atoms with Gasteiger partial charge in [-0.25, -0.2) is 0 Å². The molecule has 1 aromatic rings. The SMILES string of the molecule is CC(C)Nc1cc(C(C)C)cc2c1CCCO2. The maximum atomic E-state index is 5.80. The highest BCUT2D eigenvalue weighted by molar-refractivity contribution is 5.61. The molecule has 1 aromatic carbocycles. The fourth-order valence-electron chi connectivity index (χ4n) is 2.26. The van der Waals surface area contributed by atoms with Gasteiger partial charge in [-0.15, -0.1) is 0 Å². The van der Waals surface area contributed by atoms with Crippen molar-refractivity contribution in [2.45, 2.75) is 52.5 Å². The van der Waals surface area contributed by atoms with E-state index in [1.807, 2.05) is 0 Å². The highest BCUT2D eigenvalue weighted by Gasteiger charge is 2.17. The number of anilines is 1. The van der Waals surface area contributed by atoms with E-state index in [1.165, 1.54) is 16.8 Å². The lowest BCUT2D eigenvalue weighted by molar-refractivity contribution is 0.288. The highest BCUT2D eigenvalue weighted by atomic mass is 16.5. The van der Waals surface area contributed by atoms with E-state index in [-0.39, 0.29) is 0 Å². The van der Waals surface area contributed by atoms with E-state index in [4.69, 9.17) is 4.74 Å². The van der Waals surface area contributed by atoms with Gasteiger partial charge in [0, 0.05) is 17.3 Å². The molecule has 0 radical (unpaired) electrons. The van der Waals surface area contributed by atoms with Crippen molar-refractivity contribution < 1.29 is 4.74 Å². The molecule has 0 aromatic heterocycles. The molecule has 2 rings (SSSR count). The van der Waals surface area contributed by atoms with Gasteiger partial charge >= 0.3 is 0 Å². The first-order chi connectivity index (χ1) is 8.08. The molecule has 1 aliphatic heterocycles. The van der Waals surface area contributed by atoms with E-state index in [2.05, 4.69) is 45.1 Å². The molecule has 0 aliphatic carbocycles. The summed E-state index contributed by atoms with van der Waals surface area (Å²) in [5.74, 6) is 1.63. The Morgan fingerprint density at radius 3 is 2.59 bits per heavy atom. The van der Waals surface area contributed by atoms with Crippen molar-refractivity contribution >= 4 is 5.69 Å². The first kappa shape index (κ1) is 12.3. The first-order valence-electron chi connectivity index (χ1n) is 6.64. The van der Waals surface area contributed by atoms with E-state index >= 15 is 0 Å². The molecule has 0 unspecified atom stereocenters. The topological polar surface area (TPSA) is 21.3 Å². The van der Waals surface area contributed by atoms with Crippen LogP contribution in [-0.2, 0) is 6.42 Å². The Balaban J connectivity index is 2.42. The van der Waals surface area contributed by atoms with Crippen LogP contribution in [0.3, 0.4) is 0 Å². The zero-order valence-electron chi connectivity index (χ0n) is 11.3. The van der Waals surface area contributed by atoms with E-state index < -0.39 is 0 Å². The summed E-state index contributed by atoms with van der Waals surface area (Å²) in [5.41, 5.74) is 3.98. The molecule has 2 nitrogen and oxygen atoms in total. The minimum atomic E-state index is 0.462. The largest absolute Gasteiger partial charge is 0.493 e. The van der Waals surface area contributed by atoms with E-state index in [0.29, 0.717) is 12.0 Å². The third-order valence-electron chi connectivity index (χ3n) is 3.17. The normalized spacial score (nSPS) is 14.7. The second-order valence-electron chi connectivity index (χ2n) is 5.45. The summed E-state index contributed by atoms with van der Waals surface area (Å²) in [6.07, 6.45) is 2.25. The summed E-state index contributed by atoms with van der Waals surface area (Å²) in [6, 6.07) is 4.96. The summed E-state index contributed by atoms with van der Waals surface area (Å²) in [7, 11) is 0. The predicted molar refractivity (Wildman–Crippen MR) is 73.1 cm³/mol. The Bertz CT molecular complexity index is 396. The Morgan fingerprint density at radius 1 is 1.18 bits per heavy atom. The first-order valence-corrected chi connectivity index (χ1v) is 6.64. The highest BCUT2D eigenvalue weighted by Crippen LogP contribution is 2.35. The molecule has 1 N–H and O–H groups in total. The molecule has 1 heterocycles. The summed E-state index contributed by atoms with van der Waals surface area (Å²) in [6.45, 7) is 9.67. The van der Waals surface area contributed by atoms with Gasteiger partial charge in [-0.1, -0.05) is 13.8 Å². The lowest BCUT2D eigenvalue weighted by Crippen LogP contribution is -2.16. The number of hydrogen-bond donors (Lipinski definition) is 1. The van der Waals surface area contributed by atoms with Crippen molar-refractivity contribution in [3.8, 4) is 5.75 Å². The van der Waals surface area contributed by atoms with Crippen LogP contribution in [0.2, 0.25) is 0 Å². The van der Waals surface area contributed by atoms with Gasteiger partial charge in [-0.05, 0) is 50.3 Å². The van der Waals surface area contributed by atoms with Gasteiger partial charge in [0.1, 0.15) is 5.75 Å².